The van der Waals surface area contributed by atoms with Crippen LogP contribution < -0.4 is 49.8 Å². The number of hydrogen-bond donors (Lipinski definition) is 3. The van der Waals surface area contributed by atoms with Crippen LogP contribution in [-0.2, 0) is 16.0 Å². The van der Waals surface area contributed by atoms with E-state index in [2.05, 4.69) is 16.0 Å². The second-order valence-corrected chi connectivity index (χ2v) is 11.5. The van der Waals surface area contributed by atoms with Gasteiger partial charge in [-0.1, -0.05) is 26.3 Å². The highest BCUT2D eigenvalue weighted by atomic mass is 16.5. The smallest absolute Gasteiger partial charge is 0.247 e. The summed E-state index contributed by atoms with van der Waals surface area (Å²) in [5.74, 6) is 1.79. The zero-order valence-electron chi connectivity index (χ0n) is 29.0. The maximum atomic E-state index is 14.0. The third-order valence-corrected chi connectivity index (χ3v) is 8.65. The first kappa shape index (κ1) is 35.7. The summed E-state index contributed by atoms with van der Waals surface area (Å²) < 4.78 is 33.5. The molecule has 12 heteroatoms. The van der Waals surface area contributed by atoms with E-state index in [1.807, 2.05) is 26.0 Å². The average molecular weight is 664 g/mol. The van der Waals surface area contributed by atoms with Crippen molar-refractivity contribution in [2.45, 2.75) is 52.1 Å². The number of hydrogen-bond acceptors (Lipinski definition) is 10. The molecule has 0 aromatic heterocycles. The van der Waals surface area contributed by atoms with Gasteiger partial charge in [-0.15, -0.1) is 0 Å². The van der Waals surface area contributed by atoms with Crippen LogP contribution in [0.3, 0.4) is 0 Å². The maximum absolute atomic E-state index is 14.0. The summed E-state index contributed by atoms with van der Waals surface area (Å²) in [6, 6.07) is 8.93. The lowest BCUT2D eigenvalue weighted by atomic mass is 9.95. The number of amides is 2. The molecule has 3 atom stereocenters. The molecule has 3 aromatic carbocycles. The Morgan fingerprint density at radius 2 is 1.44 bits per heavy atom. The fourth-order valence-electron chi connectivity index (χ4n) is 6.07. The molecule has 4 rings (SSSR count). The second kappa shape index (κ2) is 15.6. The topological polar surface area (TPSA) is 143 Å². The summed E-state index contributed by atoms with van der Waals surface area (Å²) in [6.07, 6.45) is 1.75. The third kappa shape index (κ3) is 7.22. The molecule has 12 nitrogen and oxygen atoms in total. The van der Waals surface area contributed by atoms with Gasteiger partial charge in [0, 0.05) is 30.3 Å². The van der Waals surface area contributed by atoms with Gasteiger partial charge in [0.15, 0.2) is 23.0 Å². The molecule has 0 unspecified atom stereocenters. The summed E-state index contributed by atoms with van der Waals surface area (Å²) in [5, 5.41) is 9.18. The van der Waals surface area contributed by atoms with Gasteiger partial charge >= 0.3 is 0 Å². The second-order valence-electron chi connectivity index (χ2n) is 11.5. The van der Waals surface area contributed by atoms with E-state index < -0.39 is 12.1 Å². The molecular formula is C36H45N3O9. The van der Waals surface area contributed by atoms with Crippen molar-refractivity contribution in [3.63, 3.8) is 0 Å². The first-order valence-corrected chi connectivity index (χ1v) is 15.7. The van der Waals surface area contributed by atoms with Gasteiger partial charge in [0.2, 0.25) is 28.7 Å². The SMILES string of the molecule is CC[C@H](C)[C@H](Nc1ccc2c(cc1=O)[C@@H](NC(C)=O)CCc1cc(OC)c(OC)c(OC)c1-2)C(=O)Nc1cc(OC)c(OC)c(OC)c1. The van der Waals surface area contributed by atoms with Gasteiger partial charge in [0.05, 0.1) is 54.4 Å². The molecule has 0 aliphatic heterocycles. The highest BCUT2D eigenvalue weighted by Gasteiger charge is 2.31. The molecular weight excluding hydrogens is 618 g/mol. The Bertz CT molecular complexity index is 1700. The van der Waals surface area contributed by atoms with Gasteiger partial charge in [-0.05, 0) is 53.6 Å². The Labute approximate surface area is 281 Å². The van der Waals surface area contributed by atoms with Gasteiger partial charge < -0.3 is 44.4 Å². The molecule has 3 aromatic rings. The van der Waals surface area contributed by atoms with Crippen LogP contribution >= 0.6 is 0 Å². The molecule has 258 valence electrons. The molecule has 0 heterocycles. The number of aryl methyl sites for hydroxylation is 1. The van der Waals surface area contributed by atoms with Crippen LogP contribution in [0.4, 0.5) is 11.4 Å². The van der Waals surface area contributed by atoms with Gasteiger partial charge in [-0.2, -0.15) is 0 Å². The maximum Gasteiger partial charge on any atom is 0.247 e. The third-order valence-electron chi connectivity index (χ3n) is 8.65. The molecule has 2 amide bonds. The van der Waals surface area contributed by atoms with Crippen LogP contribution in [0.25, 0.3) is 11.1 Å². The minimum atomic E-state index is -0.790. The number of methoxy groups -OCH3 is 6. The van der Waals surface area contributed by atoms with E-state index >= 15 is 0 Å². The van der Waals surface area contributed by atoms with E-state index in [0.29, 0.717) is 70.6 Å². The van der Waals surface area contributed by atoms with Gasteiger partial charge in [-0.3, -0.25) is 14.4 Å². The number of benzene rings is 2. The fraction of sp³-hybridized carbons (Fsp3) is 0.417. The van der Waals surface area contributed by atoms with Crippen LogP contribution in [0, 0.1) is 5.92 Å². The Hall–Kier alpha value is -5.13. The Morgan fingerprint density at radius 1 is 0.833 bits per heavy atom. The zero-order chi connectivity index (χ0) is 35.1. The lowest BCUT2D eigenvalue weighted by molar-refractivity contribution is -0.120. The predicted octanol–water partition coefficient (Wildman–Crippen LogP) is 5.35. The van der Waals surface area contributed by atoms with Crippen molar-refractivity contribution in [3.8, 4) is 45.6 Å². The van der Waals surface area contributed by atoms with E-state index in [4.69, 9.17) is 28.4 Å². The summed E-state index contributed by atoms with van der Waals surface area (Å²) in [7, 11) is 9.13. The number of nitrogens with one attached hydrogen (secondary N) is 3. The van der Waals surface area contributed by atoms with Crippen molar-refractivity contribution < 1.29 is 38.0 Å². The number of anilines is 2. The van der Waals surface area contributed by atoms with Gasteiger partial charge in [0.1, 0.15) is 6.04 Å². The quantitative estimate of drug-likeness (QED) is 0.219. The minimum Gasteiger partial charge on any atom is -0.493 e. The van der Waals surface area contributed by atoms with E-state index in [-0.39, 0.29) is 28.8 Å². The highest BCUT2D eigenvalue weighted by molar-refractivity contribution is 5.97. The van der Waals surface area contributed by atoms with Crippen LogP contribution in [-0.4, -0.2) is 60.5 Å². The number of ether oxygens (including phenoxy) is 6. The molecule has 3 N–H and O–H groups in total. The van der Waals surface area contributed by atoms with E-state index in [1.165, 1.54) is 41.4 Å². The minimum absolute atomic E-state index is 0.167. The first-order valence-electron chi connectivity index (χ1n) is 15.7. The van der Waals surface area contributed by atoms with E-state index in [1.54, 1.807) is 32.4 Å². The van der Waals surface area contributed by atoms with Crippen molar-refractivity contribution in [2.24, 2.45) is 5.92 Å². The first-order chi connectivity index (χ1) is 23.0. The standard InChI is InChI=1S/C36H45N3O9/c1-10-19(2)32(36(42)38-22-16-29(44-5)33(46-7)30(17-22)45-6)39-26-14-12-23-24(18-27(26)41)25(37-20(3)40)13-11-21-15-28(43-4)34(47-8)35(48-9)31(21)23/h12,14-19,25,32H,10-11,13H2,1-9H3,(H,37,40)(H,38,42)(H,39,41)/t19-,25-,32-/m0/s1. The zero-order valence-corrected chi connectivity index (χ0v) is 29.0. The normalized spacial score (nSPS) is 14.6. The fourth-order valence-corrected chi connectivity index (χ4v) is 6.07. The average Bonchev–Trinajstić information content (AvgIpc) is 3.32. The Morgan fingerprint density at radius 3 is 1.98 bits per heavy atom. The summed E-state index contributed by atoms with van der Waals surface area (Å²) in [6.45, 7) is 5.35. The summed E-state index contributed by atoms with van der Waals surface area (Å²) >= 11 is 0. The van der Waals surface area contributed by atoms with E-state index in [0.717, 1.165) is 11.1 Å². The van der Waals surface area contributed by atoms with Crippen molar-refractivity contribution in [1.29, 1.82) is 0 Å². The number of carbonyl (C=O) groups excluding carboxylic acids is 2. The molecule has 1 aliphatic rings. The van der Waals surface area contributed by atoms with Crippen molar-refractivity contribution in [2.75, 3.05) is 53.3 Å². The summed E-state index contributed by atoms with van der Waals surface area (Å²) in [5.41, 5.74) is 3.26. The molecule has 48 heavy (non-hydrogen) atoms. The monoisotopic (exact) mass is 663 g/mol. The molecule has 0 spiro atoms. The van der Waals surface area contributed by atoms with Crippen LogP contribution in [0.5, 0.6) is 34.5 Å². The molecule has 0 fully saturated rings. The lowest BCUT2D eigenvalue weighted by Crippen LogP contribution is -2.40. The molecule has 0 bridgehead atoms. The molecule has 1 aliphatic carbocycles. The Balaban J connectivity index is 1.84. The van der Waals surface area contributed by atoms with Gasteiger partial charge in [0.25, 0.3) is 0 Å². The molecule has 0 saturated carbocycles. The predicted molar refractivity (Wildman–Crippen MR) is 184 cm³/mol. The van der Waals surface area contributed by atoms with Crippen LogP contribution in [0.2, 0.25) is 0 Å². The largest absolute Gasteiger partial charge is 0.493 e. The van der Waals surface area contributed by atoms with Crippen LogP contribution in [0.1, 0.15) is 50.8 Å². The van der Waals surface area contributed by atoms with Crippen molar-refractivity contribution >= 4 is 23.2 Å². The van der Waals surface area contributed by atoms with Crippen molar-refractivity contribution in [3.05, 3.63) is 57.7 Å². The van der Waals surface area contributed by atoms with Crippen LogP contribution in [0.15, 0.2) is 41.2 Å². The Kier molecular flexibility index (Phi) is 11.6. The summed E-state index contributed by atoms with van der Waals surface area (Å²) in [4.78, 5) is 40.1. The highest BCUT2D eigenvalue weighted by Crippen LogP contribution is 2.50. The number of carbonyl (C=O) groups is 2. The molecule has 0 saturated heterocycles. The molecule has 0 radical (unpaired) electrons. The lowest BCUT2D eigenvalue weighted by Gasteiger charge is -2.24. The van der Waals surface area contributed by atoms with E-state index in [9.17, 15) is 14.4 Å². The van der Waals surface area contributed by atoms with Gasteiger partial charge in [-0.25, -0.2) is 0 Å². The number of rotatable bonds is 13. The number of fused-ring (bicyclic) bond motifs is 3. The van der Waals surface area contributed by atoms with Crippen molar-refractivity contribution in [1.82, 2.24) is 5.32 Å².